The zero-order chi connectivity index (χ0) is 9.84. The van der Waals surface area contributed by atoms with E-state index in [0.717, 1.165) is 13.2 Å². The normalized spacial score (nSPS) is 9.38. The Balaban J connectivity index is 3.02. The standard InChI is InChI=1S/C9H7FO3/c1-13-9(12)8(11)6-4-2-3-5-7(6)10/h2-5H,1H3. The fraction of sp³-hybridized carbons (Fsp3) is 0.111. The van der Waals surface area contributed by atoms with Crippen LogP contribution in [0.4, 0.5) is 4.39 Å². The fourth-order valence-corrected chi connectivity index (χ4v) is 0.848. The molecule has 0 bridgehead atoms. The van der Waals surface area contributed by atoms with Crippen LogP contribution in [0.15, 0.2) is 24.3 Å². The molecule has 1 aromatic rings. The molecule has 0 aliphatic carbocycles. The summed E-state index contributed by atoms with van der Waals surface area (Å²) in [5.74, 6) is -2.76. The first-order chi connectivity index (χ1) is 6.16. The molecule has 0 fully saturated rings. The number of carbonyl (C=O) groups excluding carboxylic acids is 2. The number of halogens is 1. The van der Waals surface area contributed by atoms with Gasteiger partial charge in [-0.3, -0.25) is 4.79 Å². The van der Waals surface area contributed by atoms with Gasteiger partial charge in [0.25, 0.3) is 5.78 Å². The number of Topliss-reactive ketones (excluding diaryl/α,β-unsaturated/α-hetero) is 1. The molecule has 0 amide bonds. The highest BCUT2D eigenvalue weighted by Gasteiger charge is 2.19. The van der Waals surface area contributed by atoms with E-state index < -0.39 is 17.6 Å². The van der Waals surface area contributed by atoms with Crippen LogP contribution in [0.2, 0.25) is 0 Å². The van der Waals surface area contributed by atoms with Crippen LogP contribution >= 0.6 is 0 Å². The summed E-state index contributed by atoms with van der Waals surface area (Å²) in [7, 11) is 1.07. The van der Waals surface area contributed by atoms with Crippen molar-refractivity contribution in [3.63, 3.8) is 0 Å². The van der Waals surface area contributed by atoms with Gasteiger partial charge in [0, 0.05) is 0 Å². The van der Waals surface area contributed by atoms with Crippen LogP contribution in [0.5, 0.6) is 0 Å². The molecule has 0 spiro atoms. The molecule has 0 N–H and O–H groups in total. The number of hydrogen-bond donors (Lipinski definition) is 0. The molecule has 0 radical (unpaired) electrons. The lowest BCUT2D eigenvalue weighted by atomic mass is 10.1. The molecule has 0 heterocycles. The van der Waals surface area contributed by atoms with E-state index in [0.29, 0.717) is 0 Å². The van der Waals surface area contributed by atoms with Gasteiger partial charge in [-0.05, 0) is 12.1 Å². The van der Waals surface area contributed by atoms with Crippen molar-refractivity contribution in [3.8, 4) is 0 Å². The van der Waals surface area contributed by atoms with Crippen molar-refractivity contribution < 1.29 is 18.7 Å². The summed E-state index contributed by atoms with van der Waals surface area (Å²) >= 11 is 0. The lowest BCUT2D eigenvalue weighted by Gasteiger charge is -1.99. The summed E-state index contributed by atoms with van der Waals surface area (Å²) in [6, 6.07) is 5.24. The Morgan fingerprint density at radius 2 is 1.92 bits per heavy atom. The van der Waals surface area contributed by atoms with Crippen LogP contribution in [0.25, 0.3) is 0 Å². The number of ketones is 1. The van der Waals surface area contributed by atoms with Gasteiger partial charge in [-0.1, -0.05) is 12.1 Å². The molecular formula is C9H7FO3. The molecule has 1 aromatic carbocycles. The third-order valence-electron chi connectivity index (χ3n) is 1.49. The van der Waals surface area contributed by atoms with Crippen LogP contribution in [-0.2, 0) is 9.53 Å². The van der Waals surface area contributed by atoms with E-state index in [1.54, 1.807) is 0 Å². The zero-order valence-corrected chi connectivity index (χ0v) is 6.91. The molecule has 0 saturated carbocycles. The number of hydrogen-bond acceptors (Lipinski definition) is 3. The Bertz CT molecular complexity index is 346. The summed E-state index contributed by atoms with van der Waals surface area (Å²) in [5, 5.41) is 0. The van der Waals surface area contributed by atoms with E-state index in [-0.39, 0.29) is 5.56 Å². The third-order valence-corrected chi connectivity index (χ3v) is 1.49. The summed E-state index contributed by atoms with van der Waals surface area (Å²) in [4.78, 5) is 21.8. The van der Waals surface area contributed by atoms with E-state index in [1.165, 1.54) is 18.2 Å². The topological polar surface area (TPSA) is 43.4 Å². The maximum absolute atomic E-state index is 12.9. The number of carbonyl (C=O) groups is 2. The predicted octanol–water partition coefficient (Wildman–Crippen LogP) is 1.18. The molecule has 4 heteroatoms. The summed E-state index contributed by atoms with van der Waals surface area (Å²) in [6.07, 6.45) is 0. The highest BCUT2D eigenvalue weighted by molar-refractivity contribution is 6.40. The van der Waals surface area contributed by atoms with Crippen molar-refractivity contribution in [2.45, 2.75) is 0 Å². The molecule has 13 heavy (non-hydrogen) atoms. The van der Waals surface area contributed by atoms with Gasteiger partial charge in [0.05, 0.1) is 12.7 Å². The van der Waals surface area contributed by atoms with Crippen LogP contribution < -0.4 is 0 Å². The fourth-order valence-electron chi connectivity index (χ4n) is 0.848. The Hall–Kier alpha value is -1.71. The molecule has 0 aromatic heterocycles. The van der Waals surface area contributed by atoms with Crippen molar-refractivity contribution in [1.29, 1.82) is 0 Å². The SMILES string of the molecule is COC(=O)C(=O)c1ccccc1F. The molecular weight excluding hydrogens is 175 g/mol. The maximum Gasteiger partial charge on any atom is 0.379 e. The van der Waals surface area contributed by atoms with Gasteiger partial charge in [0.15, 0.2) is 0 Å². The predicted molar refractivity (Wildman–Crippen MR) is 42.7 cm³/mol. The zero-order valence-electron chi connectivity index (χ0n) is 6.91. The van der Waals surface area contributed by atoms with Gasteiger partial charge in [0.2, 0.25) is 0 Å². The van der Waals surface area contributed by atoms with E-state index >= 15 is 0 Å². The van der Waals surface area contributed by atoms with Crippen LogP contribution in [-0.4, -0.2) is 18.9 Å². The lowest BCUT2D eigenvalue weighted by molar-refractivity contribution is -0.135. The smallest absolute Gasteiger partial charge is 0.379 e. The van der Waals surface area contributed by atoms with Gasteiger partial charge in [0.1, 0.15) is 5.82 Å². The average Bonchev–Trinajstić information content (AvgIpc) is 2.16. The molecule has 1 rings (SSSR count). The van der Waals surface area contributed by atoms with Crippen molar-refractivity contribution in [2.75, 3.05) is 7.11 Å². The van der Waals surface area contributed by atoms with E-state index in [2.05, 4.69) is 4.74 Å². The maximum atomic E-state index is 12.9. The largest absolute Gasteiger partial charge is 0.463 e. The summed E-state index contributed by atoms with van der Waals surface area (Å²) < 4.78 is 17.1. The van der Waals surface area contributed by atoms with Gasteiger partial charge < -0.3 is 4.74 Å². The number of rotatable bonds is 2. The van der Waals surface area contributed by atoms with E-state index in [4.69, 9.17) is 0 Å². The van der Waals surface area contributed by atoms with Crippen molar-refractivity contribution >= 4 is 11.8 Å². The van der Waals surface area contributed by atoms with Gasteiger partial charge in [-0.2, -0.15) is 0 Å². The molecule has 0 unspecified atom stereocenters. The van der Waals surface area contributed by atoms with Crippen molar-refractivity contribution in [1.82, 2.24) is 0 Å². The first-order valence-electron chi connectivity index (χ1n) is 3.54. The van der Waals surface area contributed by atoms with E-state index in [1.807, 2.05) is 0 Å². The lowest BCUT2D eigenvalue weighted by Crippen LogP contribution is -2.16. The monoisotopic (exact) mass is 182 g/mol. The highest BCUT2D eigenvalue weighted by Crippen LogP contribution is 2.07. The van der Waals surface area contributed by atoms with Gasteiger partial charge >= 0.3 is 5.97 Å². The minimum atomic E-state index is -1.06. The molecule has 3 nitrogen and oxygen atoms in total. The second kappa shape index (κ2) is 3.80. The minimum Gasteiger partial charge on any atom is -0.463 e. The average molecular weight is 182 g/mol. The Labute approximate surface area is 74.1 Å². The summed E-state index contributed by atoms with van der Waals surface area (Å²) in [6.45, 7) is 0. The number of benzene rings is 1. The quantitative estimate of drug-likeness (QED) is 0.392. The van der Waals surface area contributed by atoms with Crippen molar-refractivity contribution in [2.24, 2.45) is 0 Å². The number of esters is 1. The van der Waals surface area contributed by atoms with Crippen LogP contribution in [0.1, 0.15) is 10.4 Å². The second-order valence-electron chi connectivity index (χ2n) is 2.30. The molecule has 0 saturated heterocycles. The first-order valence-corrected chi connectivity index (χ1v) is 3.54. The van der Waals surface area contributed by atoms with Crippen molar-refractivity contribution in [3.05, 3.63) is 35.6 Å². The minimum absolute atomic E-state index is 0.269. The van der Waals surface area contributed by atoms with Gasteiger partial charge in [-0.25, -0.2) is 9.18 Å². The molecule has 0 atom stereocenters. The Kier molecular flexibility index (Phi) is 2.74. The molecule has 0 aliphatic rings. The molecule has 68 valence electrons. The van der Waals surface area contributed by atoms with Crippen LogP contribution in [0.3, 0.4) is 0 Å². The number of methoxy groups -OCH3 is 1. The second-order valence-corrected chi connectivity index (χ2v) is 2.30. The first kappa shape index (κ1) is 9.38. The highest BCUT2D eigenvalue weighted by atomic mass is 19.1. The van der Waals surface area contributed by atoms with E-state index in [9.17, 15) is 14.0 Å². The Morgan fingerprint density at radius 1 is 1.31 bits per heavy atom. The molecule has 0 aliphatic heterocycles. The van der Waals surface area contributed by atoms with Gasteiger partial charge in [-0.15, -0.1) is 0 Å². The summed E-state index contributed by atoms with van der Waals surface area (Å²) in [5.41, 5.74) is -0.269. The van der Waals surface area contributed by atoms with Crippen LogP contribution in [0, 0.1) is 5.82 Å². The Morgan fingerprint density at radius 3 is 2.46 bits per heavy atom. The third kappa shape index (κ3) is 1.90. The number of ether oxygens (including phenoxy) is 1.